The predicted octanol–water partition coefficient (Wildman–Crippen LogP) is 1.46. The third-order valence-corrected chi connectivity index (χ3v) is 3.64. The number of ether oxygens (including phenoxy) is 2. The van der Waals surface area contributed by atoms with E-state index in [1.54, 1.807) is 14.2 Å². The Morgan fingerprint density at radius 1 is 1.24 bits per heavy atom. The van der Waals surface area contributed by atoms with E-state index < -0.39 is 0 Å². The summed E-state index contributed by atoms with van der Waals surface area (Å²) in [4.78, 5) is 2.52. The van der Waals surface area contributed by atoms with Crippen molar-refractivity contribution in [2.75, 3.05) is 33.9 Å². The van der Waals surface area contributed by atoms with Crippen LogP contribution in [0.1, 0.15) is 33.1 Å². The molecule has 1 heterocycles. The minimum atomic E-state index is -0.152. The first kappa shape index (κ1) is 14.9. The molecule has 1 saturated heterocycles. The molecule has 1 fully saturated rings. The second kappa shape index (κ2) is 8.03. The molecule has 0 radical (unpaired) electrons. The standard InChI is InChI=1S/C13H28N2O2/c1-5-15-9-6-7-12(8-10-15)14-11(2)13(16-3)17-4/h11-14H,5-10H2,1-4H3. The summed E-state index contributed by atoms with van der Waals surface area (Å²) in [5.41, 5.74) is 0. The molecule has 1 aliphatic heterocycles. The lowest BCUT2D eigenvalue weighted by Crippen LogP contribution is -2.45. The van der Waals surface area contributed by atoms with Crippen molar-refractivity contribution in [1.82, 2.24) is 10.2 Å². The van der Waals surface area contributed by atoms with E-state index in [-0.39, 0.29) is 12.3 Å². The minimum Gasteiger partial charge on any atom is -0.354 e. The molecule has 4 heteroatoms. The number of likely N-dealkylation sites (tertiary alicyclic amines) is 1. The molecular weight excluding hydrogens is 216 g/mol. The van der Waals surface area contributed by atoms with Gasteiger partial charge in [-0.3, -0.25) is 0 Å². The van der Waals surface area contributed by atoms with Crippen LogP contribution >= 0.6 is 0 Å². The lowest BCUT2D eigenvalue weighted by Gasteiger charge is -2.27. The average Bonchev–Trinajstić information content (AvgIpc) is 2.56. The van der Waals surface area contributed by atoms with Crippen LogP contribution in [-0.2, 0) is 9.47 Å². The van der Waals surface area contributed by atoms with Crippen molar-refractivity contribution < 1.29 is 9.47 Å². The normalized spacial score (nSPS) is 24.9. The lowest BCUT2D eigenvalue weighted by molar-refractivity contribution is -0.121. The Balaban J connectivity index is 2.35. The Hall–Kier alpha value is -0.160. The van der Waals surface area contributed by atoms with Gasteiger partial charge in [0.2, 0.25) is 0 Å². The van der Waals surface area contributed by atoms with Crippen molar-refractivity contribution >= 4 is 0 Å². The summed E-state index contributed by atoms with van der Waals surface area (Å²) in [5, 5.41) is 3.63. The van der Waals surface area contributed by atoms with E-state index in [0.717, 1.165) is 0 Å². The van der Waals surface area contributed by atoms with Crippen molar-refractivity contribution in [1.29, 1.82) is 0 Å². The second-order valence-electron chi connectivity index (χ2n) is 4.86. The molecule has 17 heavy (non-hydrogen) atoms. The predicted molar refractivity (Wildman–Crippen MR) is 70.2 cm³/mol. The zero-order chi connectivity index (χ0) is 12.7. The van der Waals surface area contributed by atoms with Crippen LogP contribution in [-0.4, -0.2) is 57.1 Å². The number of nitrogens with one attached hydrogen (secondary N) is 1. The molecule has 0 spiro atoms. The molecule has 0 aliphatic carbocycles. The van der Waals surface area contributed by atoms with Crippen LogP contribution in [0.2, 0.25) is 0 Å². The van der Waals surface area contributed by atoms with Gasteiger partial charge in [0.15, 0.2) is 6.29 Å². The summed E-state index contributed by atoms with van der Waals surface area (Å²) in [6, 6.07) is 0.831. The molecule has 1 N–H and O–H groups in total. The SMILES string of the molecule is CCN1CCCC(NC(C)C(OC)OC)CC1. The Bertz CT molecular complexity index is 198. The van der Waals surface area contributed by atoms with Crippen LogP contribution in [0.15, 0.2) is 0 Å². The molecule has 102 valence electrons. The van der Waals surface area contributed by atoms with Gasteiger partial charge in [-0.2, -0.15) is 0 Å². The lowest BCUT2D eigenvalue weighted by atomic mass is 10.1. The molecular formula is C13H28N2O2. The van der Waals surface area contributed by atoms with Crippen LogP contribution in [0.3, 0.4) is 0 Å². The van der Waals surface area contributed by atoms with Gasteiger partial charge >= 0.3 is 0 Å². The number of hydrogen-bond acceptors (Lipinski definition) is 4. The Morgan fingerprint density at radius 3 is 2.53 bits per heavy atom. The summed E-state index contributed by atoms with van der Waals surface area (Å²) < 4.78 is 10.6. The highest BCUT2D eigenvalue weighted by Gasteiger charge is 2.21. The third-order valence-electron chi connectivity index (χ3n) is 3.64. The minimum absolute atomic E-state index is 0.152. The van der Waals surface area contributed by atoms with Crippen LogP contribution in [0.4, 0.5) is 0 Å². The van der Waals surface area contributed by atoms with Crippen LogP contribution in [0.5, 0.6) is 0 Å². The van der Waals surface area contributed by atoms with Gasteiger partial charge < -0.3 is 19.7 Å². The molecule has 0 bridgehead atoms. The van der Waals surface area contributed by atoms with Gasteiger partial charge in [0.25, 0.3) is 0 Å². The first-order valence-electron chi connectivity index (χ1n) is 6.75. The Kier molecular flexibility index (Phi) is 7.04. The Labute approximate surface area is 106 Å². The van der Waals surface area contributed by atoms with E-state index in [1.165, 1.54) is 38.9 Å². The topological polar surface area (TPSA) is 33.7 Å². The summed E-state index contributed by atoms with van der Waals surface area (Å²) in [7, 11) is 3.39. The highest BCUT2D eigenvalue weighted by atomic mass is 16.7. The van der Waals surface area contributed by atoms with Crippen molar-refractivity contribution in [3.63, 3.8) is 0 Å². The summed E-state index contributed by atoms with van der Waals surface area (Å²) in [6.45, 7) is 7.97. The maximum absolute atomic E-state index is 5.28. The molecule has 4 nitrogen and oxygen atoms in total. The molecule has 1 aliphatic rings. The van der Waals surface area contributed by atoms with E-state index in [0.29, 0.717) is 6.04 Å². The first-order valence-corrected chi connectivity index (χ1v) is 6.75. The van der Waals surface area contributed by atoms with E-state index in [9.17, 15) is 0 Å². The quantitative estimate of drug-likeness (QED) is 0.717. The fraction of sp³-hybridized carbons (Fsp3) is 1.00. The average molecular weight is 244 g/mol. The van der Waals surface area contributed by atoms with E-state index in [4.69, 9.17) is 9.47 Å². The molecule has 0 saturated carbocycles. The van der Waals surface area contributed by atoms with Gasteiger partial charge in [-0.25, -0.2) is 0 Å². The fourth-order valence-electron chi connectivity index (χ4n) is 2.59. The zero-order valence-corrected chi connectivity index (χ0v) is 11.7. The highest BCUT2D eigenvalue weighted by molar-refractivity contribution is 4.78. The molecule has 1 rings (SSSR count). The van der Waals surface area contributed by atoms with Gasteiger partial charge in [0.05, 0.1) is 6.04 Å². The summed E-state index contributed by atoms with van der Waals surface area (Å²) in [5.74, 6) is 0. The van der Waals surface area contributed by atoms with Gasteiger partial charge in [0, 0.05) is 20.3 Å². The molecule has 0 amide bonds. The van der Waals surface area contributed by atoms with Crippen LogP contribution in [0.25, 0.3) is 0 Å². The molecule has 0 aromatic rings. The molecule has 0 aromatic heterocycles. The third kappa shape index (κ3) is 4.92. The molecule has 0 aromatic carbocycles. The van der Waals surface area contributed by atoms with Crippen LogP contribution in [0, 0.1) is 0 Å². The van der Waals surface area contributed by atoms with E-state index in [2.05, 4.69) is 24.1 Å². The van der Waals surface area contributed by atoms with Gasteiger partial charge in [-0.15, -0.1) is 0 Å². The monoisotopic (exact) mass is 244 g/mol. The number of methoxy groups -OCH3 is 2. The number of nitrogens with zero attached hydrogens (tertiary/aromatic N) is 1. The first-order chi connectivity index (χ1) is 8.21. The van der Waals surface area contributed by atoms with Crippen molar-refractivity contribution in [3.8, 4) is 0 Å². The number of hydrogen-bond donors (Lipinski definition) is 1. The van der Waals surface area contributed by atoms with Crippen molar-refractivity contribution in [3.05, 3.63) is 0 Å². The maximum Gasteiger partial charge on any atom is 0.171 e. The van der Waals surface area contributed by atoms with E-state index >= 15 is 0 Å². The molecule has 2 atom stereocenters. The highest BCUT2D eigenvalue weighted by Crippen LogP contribution is 2.12. The Morgan fingerprint density at radius 2 is 1.94 bits per heavy atom. The fourth-order valence-corrected chi connectivity index (χ4v) is 2.59. The smallest absolute Gasteiger partial charge is 0.171 e. The van der Waals surface area contributed by atoms with Gasteiger partial charge in [-0.1, -0.05) is 6.92 Å². The second-order valence-corrected chi connectivity index (χ2v) is 4.86. The van der Waals surface area contributed by atoms with Crippen molar-refractivity contribution in [2.24, 2.45) is 0 Å². The zero-order valence-electron chi connectivity index (χ0n) is 11.7. The van der Waals surface area contributed by atoms with Crippen LogP contribution < -0.4 is 5.32 Å². The summed E-state index contributed by atoms with van der Waals surface area (Å²) in [6.07, 6.45) is 3.60. The van der Waals surface area contributed by atoms with Gasteiger partial charge in [0.1, 0.15) is 0 Å². The summed E-state index contributed by atoms with van der Waals surface area (Å²) >= 11 is 0. The largest absolute Gasteiger partial charge is 0.354 e. The molecule has 2 unspecified atom stereocenters. The van der Waals surface area contributed by atoms with Gasteiger partial charge in [-0.05, 0) is 45.8 Å². The van der Waals surface area contributed by atoms with E-state index in [1.807, 2.05) is 0 Å². The number of rotatable bonds is 6. The maximum atomic E-state index is 5.28. The van der Waals surface area contributed by atoms with Crippen molar-refractivity contribution in [2.45, 2.75) is 51.5 Å².